The number of amides is 1. The van der Waals surface area contributed by atoms with Crippen molar-refractivity contribution in [2.75, 3.05) is 19.7 Å². The number of nitrogens with zero attached hydrogens (tertiary/aromatic N) is 6. The van der Waals surface area contributed by atoms with E-state index in [0.29, 0.717) is 31.9 Å². The van der Waals surface area contributed by atoms with Gasteiger partial charge in [-0.3, -0.25) is 19.0 Å². The molecule has 168 valence electrons. The summed E-state index contributed by atoms with van der Waals surface area (Å²) < 4.78 is 9.28. The SMILES string of the molecule is Cc1cc(-c2cnn(C)c2)cc([C@@H]2CN(C(=O)CCn3c(C)cc(C)nc3=O)CCO2)n1. The standard InChI is InChI=1S/C23H28N6O3/c1-15-9-17(3)29(23(31)26-15)6-5-22(30)28-7-8-32-21(14-28)20-11-18(10-16(2)25-20)19-12-24-27(4)13-19/h9-13,21H,5-8,14H2,1-4H3/t21-/m0/s1. The van der Waals surface area contributed by atoms with Crippen molar-refractivity contribution in [2.24, 2.45) is 7.05 Å². The molecule has 0 aliphatic carbocycles. The molecule has 3 aromatic rings. The number of carbonyl (C=O) groups is 1. The van der Waals surface area contributed by atoms with Crippen LogP contribution in [0.5, 0.6) is 0 Å². The second-order valence-electron chi connectivity index (χ2n) is 8.25. The van der Waals surface area contributed by atoms with Crippen LogP contribution in [0.25, 0.3) is 11.1 Å². The Morgan fingerprint density at radius 2 is 1.91 bits per heavy atom. The third-order valence-corrected chi connectivity index (χ3v) is 5.66. The monoisotopic (exact) mass is 436 g/mol. The summed E-state index contributed by atoms with van der Waals surface area (Å²) in [6.45, 7) is 7.31. The Morgan fingerprint density at radius 1 is 1.12 bits per heavy atom. The summed E-state index contributed by atoms with van der Waals surface area (Å²) in [6, 6.07) is 5.87. The molecule has 32 heavy (non-hydrogen) atoms. The van der Waals surface area contributed by atoms with E-state index in [1.807, 2.05) is 51.5 Å². The second-order valence-corrected chi connectivity index (χ2v) is 8.25. The van der Waals surface area contributed by atoms with Crippen LogP contribution in [-0.4, -0.2) is 54.8 Å². The topological polar surface area (TPSA) is 95.1 Å². The molecular weight excluding hydrogens is 408 g/mol. The largest absolute Gasteiger partial charge is 0.368 e. The van der Waals surface area contributed by atoms with Gasteiger partial charge in [-0.2, -0.15) is 10.1 Å². The van der Waals surface area contributed by atoms with Gasteiger partial charge in [0.15, 0.2) is 0 Å². The van der Waals surface area contributed by atoms with Crippen LogP contribution in [0.15, 0.2) is 35.4 Å². The summed E-state index contributed by atoms with van der Waals surface area (Å²) in [6.07, 6.45) is 3.72. The highest BCUT2D eigenvalue weighted by Gasteiger charge is 2.27. The number of pyridine rings is 1. The summed E-state index contributed by atoms with van der Waals surface area (Å²) >= 11 is 0. The van der Waals surface area contributed by atoms with Gasteiger partial charge in [-0.05, 0) is 44.5 Å². The molecule has 0 unspecified atom stereocenters. The first-order valence-corrected chi connectivity index (χ1v) is 10.7. The number of rotatable bonds is 5. The fourth-order valence-corrected chi connectivity index (χ4v) is 4.06. The molecule has 1 aliphatic heterocycles. The second kappa shape index (κ2) is 9.04. The molecule has 1 fully saturated rings. The summed E-state index contributed by atoms with van der Waals surface area (Å²) in [7, 11) is 1.88. The molecule has 0 bridgehead atoms. The molecule has 1 saturated heterocycles. The van der Waals surface area contributed by atoms with Gasteiger partial charge in [-0.25, -0.2) is 4.79 Å². The Morgan fingerprint density at radius 3 is 2.62 bits per heavy atom. The molecule has 0 aromatic carbocycles. The van der Waals surface area contributed by atoms with Crippen LogP contribution >= 0.6 is 0 Å². The minimum absolute atomic E-state index is 0.00897. The third-order valence-electron chi connectivity index (χ3n) is 5.66. The van der Waals surface area contributed by atoms with Crippen LogP contribution < -0.4 is 5.69 Å². The van der Waals surface area contributed by atoms with Crippen molar-refractivity contribution < 1.29 is 9.53 Å². The Kier molecular flexibility index (Phi) is 6.18. The number of aromatic nitrogens is 5. The molecule has 1 aliphatic rings. The van der Waals surface area contributed by atoms with E-state index in [1.165, 1.54) is 0 Å². The highest BCUT2D eigenvalue weighted by atomic mass is 16.5. The van der Waals surface area contributed by atoms with Crippen molar-refractivity contribution in [1.29, 1.82) is 0 Å². The van der Waals surface area contributed by atoms with Crippen molar-refractivity contribution >= 4 is 5.91 Å². The van der Waals surface area contributed by atoms with Crippen LogP contribution in [0, 0.1) is 20.8 Å². The molecule has 4 heterocycles. The summed E-state index contributed by atoms with van der Waals surface area (Å²) in [5, 5.41) is 4.25. The predicted octanol–water partition coefficient (Wildman–Crippen LogP) is 1.95. The average Bonchev–Trinajstić information content (AvgIpc) is 3.19. The van der Waals surface area contributed by atoms with Gasteiger partial charge in [0.05, 0.1) is 25.0 Å². The molecule has 4 rings (SSSR count). The Balaban J connectivity index is 1.46. The Bertz CT molecular complexity index is 1200. The number of hydrogen-bond acceptors (Lipinski definition) is 6. The van der Waals surface area contributed by atoms with E-state index in [2.05, 4.69) is 15.1 Å². The number of hydrogen-bond donors (Lipinski definition) is 0. The smallest absolute Gasteiger partial charge is 0.347 e. The minimum atomic E-state index is -0.318. The van der Waals surface area contributed by atoms with Gasteiger partial charge in [0, 0.05) is 55.4 Å². The quantitative estimate of drug-likeness (QED) is 0.607. The molecular formula is C23H28N6O3. The highest BCUT2D eigenvalue weighted by Crippen LogP contribution is 2.27. The van der Waals surface area contributed by atoms with Crippen molar-refractivity contribution in [3.05, 3.63) is 63.9 Å². The number of aryl methyl sites for hydroxylation is 4. The van der Waals surface area contributed by atoms with E-state index in [-0.39, 0.29) is 24.1 Å². The molecule has 0 radical (unpaired) electrons. The lowest BCUT2D eigenvalue weighted by molar-refractivity contribution is -0.139. The van der Waals surface area contributed by atoms with Crippen LogP contribution in [0.3, 0.4) is 0 Å². The lowest BCUT2D eigenvalue weighted by atomic mass is 10.1. The van der Waals surface area contributed by atoms with E-state index in [4.69, 9.17) is 4.74 Å². The predicted molar refractivity (Wildman–Crippen MR) is 119 cm³/mol. The van der Waals surface area contributed by atoms with Crippen molar-refractivity contribution in [2.45, 2.75) is 39.8 Å². The number of morpholine rings is 1. The lowest BCUT2D eigenvalue weighted by Crippen LogP contribution is -2.43. The van der Waals surface area contributed by atoms with E-state index in [0.717, 1.165) is 28.2 Å². The Labute approximate surface area is 186 Å². The molecule has 0 saturated carbocycles. The van der Waals surface area contributed by atoms with E-state index >= 15 is 0 Å². The molecule has 9 nitrogen and oxygen atoms in total. The van der Waals surface area contributed by atoms with Gasteiger partial charge >= 0.3 is 5.69 Å². The molecule has 1 amide bonds. The summed E-state index contributed by atoms with van der Waals surface area (Å²) in [4.78, 5) is 35.5. The maximum atomic E-state index is 12.9. The van der Waals surface area contributed by atoms with Gasteiger partial charge in [0.2, 0.25) is 5.91 Å². The lowest BCUT2D eigenvalue weighted by Gasteiger charge is -2.33. The zero-order valence-corrected chi connectivity index (χ0v) is 18.9. The zero-order valence-electron chi connectivity index (χ0n) is 18.9. The van der Waals surface area contributed by atoms with E-state index in [1.54, 1.807) is 21.1 Å². The van der Waals surface area contributed by atoms with E-state index < -0.39 is 0 Å². The van der Waals surface area contributed by atoms with Gasteiger partial charge in [-0.1, -0.05) is 0 Å². The molecule has 0 spiro atoms. The first-order valence-electron chi connectivity index (χ1n) is 10.7. The number of carbonyl (C=O) groups excluding carboxylic acids is 1. The van der Waals surface area contributed by atoms with Crippen LogP contribution in [0.2, 0.25) is 0 Å². The van der Waals surface area contributed by atoms with Crippen LogP contribution in [0.4, 0.5) is 0 Å². The maximum absolute atomic E-state index is 12.9. The van der Waals surface area contributed by atoms with Gasteiger partial charge in [-0.15, -0.1) is 0 Å². The molecule has 9 heteroatoms. The molecule has 3 aromatic heterocycles. The van der Waals surface area contributed by atoms with Crippen molar-refractivity contribution in [3.63, 3.8) is 0 Å². The van der Waals surface area contributed by atoms with Gasteiger partial charge in [0.25, 0.3) is 0 Å². The average molecular weight is 437 g/mol. The molecule has 1 atom stereocenters. The van der Waals surface area contributed by atoms with Gasteiger partial charge < -0.3 is 9.64 Å². The van der Waals surface area contributed by atoms with Crippen molar-refractivity contribution in [3.8, 4) is 11.1 Å². The first kappa shape index (κ1) is 21.9. The fraction of sp³-hybridized carbons (Fsp3) is 0.435. The minimum Gasteiger partial charge on any atom is -0.368 e. The third kappa shape index (κ3) is 4.77. The zero-order chi connectivity index (χ0) is 22.8. The molecule has 0 N–H and O–H groups in total. The van der Waals surface area contributed by atoms with Crippen molar-refractivity contribution in [1.82, 2.24) is 29.2 Å². The van der Waals surface area contributed by atoms with Gasteiger partial charge in [0.1, 0.15) is 6.10 Å². The highest BCUT2D eigenvalue weighted by molar-refractivity contribution is 5.76. The maximum Gasteiger partial charge on any atom is 0.347 e. The normalized spacial score (nSPS) is 16.4. The number of ether oxygens (including phenoxy) is 1. The summed E-state index contributed by atoms with van der Waals surface area (Å²) in [5.74, 6) is -0.00897. The van der Waals surface area contributed by atoms with Crippen LogP contribution in [-0.2, 0) is 23.1 Å². The first-order chi connectivity index (χ1) is 15.3. The fourth-order valence-electron chi connectivity index (χ4n) is 4.06. The summed E-state index contributed by atoms with van der Waals surface area (Å²) in [5.41, 5.74) is 4.89. The van der Waals surface area contributed by atoms with E-state index in [9.17, 15) is 9.59 Å². The van der Waals surface area contributed by atoms with Crippen LogP contribution in [0.1, 0.15) is 35.3 Å². The Hall–Kier alpha value is -3.33.